The van der Waals surface area contributed by atoms with Gasteiger partial charge in [0.25, 0.3) is 0 Å². The highest BCUT2D eigenvalue weighted by Crippen LogP contribution is 2.38. The van der Waals surface area contributed by atoms with Crippen molar-refractivity contribution in [3.63, 3.8) is 0 Å². The second kappa shape index (κ2) is 5.43. The lowest BCUT2D eigenvalue weighted by atomic mass is 10.2. The summed E-state index contributed by atoms with van der Waals surface area (Å²) in [7, 11) is 0. The van der Waals surface area contributed by atoms with E-state index in [9.17, 15) is 22.4 Å². The van der Waals surface area contributed by atoms with Gasteiger partial charge in [-0.05, 0) is 24.3 Å². The number of halogens is 4. The lowest BCUT2D eigenvalue weighted by Crippen LogP contribution is -2.07. The van der Waals surface area contributed by atoms with Crippen molar-refractivity contribution in [2.24, 2.45) is 0 Å². The smallest absolute Gasteiger partial charge is 0.419 e. The Bertz CT molecular complexity index is 680. The van der Waals surface area contributed by atoms with Gasteiger partial charge < -0.3 is 9.84 Å². The number of rotatable bonds is 3. The fraction of sp³-hybridized carbons (Fsp3) is 0.0714. The maximum Gasteiger partial charge on any atom is 0.419 e. The van der Waals surface area contributed by atoms with Crippen LogP contribution in [0.25, 0.3) is 0 Å². The highest BCUT2D eigenvalue weighted by atomic mass is 19.4. The summed E-state index contributed by atoms with van der Waals surface area (Å²) in [6.07, 6.45) is -4.61. The van der Waals surface area contributed by atoms with Gasteiger partial charge in [-0.1, -0.05) is 12.1 Å². The second-order valence-electron chi connectivity index (χ2n) is 4.04. The Labute approximate surface area is 116 Å². The number of hydrogen-bond acceptors (Lipinski definition) is 2. The van der Waals surface area contributed by atoms with Gasteiger partial charge in [-0.25, -0.2) is 9.18 Å². The SMILES string of the molecule is O=C(O)c1ccc(Oc2ccccc2C(F)(F)F)cc1F. The molecular weight excluding hydrogens is 292 g/mol. The van der Waals surface area contributed by atoms with Gasteiger partial charge in [0.2, 0.25) is 0 Å². The first-order valence-corrected chi connectivity index (χ1v) is 5.66. The third kappa shape index (κ3) is 3.31. The van der Waals surface area contributed by atoms with Gasteiger partial charge in [-0.2, -0.15) is 13.2 Å². The van der Waals surface area contributed by atoms with E-state index in [0.29, 0.717) is 0 Å². The third-order valence-corrected chi connectivity index (χ3v) is 2.59. The van der Waals surface area contributed by atoms with E-state index >= 15 is 0 Å². The number of benzene rings is 2. The molecule has 0 aliphatic carbocycles. The first kappa shape index (κ1) is 14.8. The van der Waals surface area contributed by atoms with E-state index < -0.39 is 34.8 Å². The minimum atomic E-state index is -4.61. The number of aromatic carboxylic acids is 1. The van der Waals surface area contributed by atoms with Gasteiger partial charge >= 0.3 is 12.1 Å². The van der Waals surface area contributed by atoms with E-state index in [1.807, 2.05) is 0 Å². The molecule has 0 saturated heterocycles. The van der Waals surface area contributed by atoms with E-state index in [4.69, 9.17) is 9.84 Å². The molecule has 0 radical (unpaired) electrons. The topological polar surface area (TPSA) is 46.5 Å². The van der Waals surface area contributed by atoms with E-state index in [-0.39, 0.29) is 5.75 Å². The number of para-hydroxylation sites is 1. The molecule has 3 nitrogen and oxygen atoms in total. The van der Waals surface area contributed by atoms with Gasteiger partial charge in [0.05, 0.1) is 11.1 Å². The van der Waals surface area contributed by atoms with Crippen LogP contribution in [0.2, 0.25) is 0 Å². The number of hydrogen-bond donors (Lipinski definition) is 1. The van der Waals surface area contributed by atoms with Crippen LogP contribution in [0.4, 0.5) is 17.6 Å². The molecule has 2 aromatic rings. The van der Waals surface area contributed by atoms with Gasteiger partial charge in [0.15, 0.2) is 0 Å². The molecule has 0 heterocycles. The summed E-state index contributed by atoms with van der Waals surface area (Å²) >= 11 is 0. The highest BCUT2D eigenvalue weighted by molar-refractivity contribution is 5.88. The average Bonchev–Trinajstić information content (AvgIpc) is 2.37. The largest absolute Gasteiger partial charge is 0.478 e. The molecule has 0 fully saturated rings. The number of alkyl halides is 3. The molecule has 0 unspecified atom stereocenters. The van der Waals surface area contributed by atoms with E-state index in [1.165, 1.54) is 12.1 Å². The summed E-state index contributed by atoms with van der Waals surface area (Å²) in [5.74, 6) is -3.29. The van der Waals surface area contributed by atoms with Crippen LogP contribution in [0.15, 0.2) is 42.5 Å². The standard InChI is InChI=1S/C14H8F4O3/c15-11-7-8(5-6-9(11)13(19)20)21-12-4-2-1-3-10(12)14(16,17)18/h1-7H,(H,19,20). The molecule has 0 aliphatic heterocycles. The monoisotopic (exact) mass is 300 g/mol. The number of carboxylic acids is 1. The molecule has 0 atom stereocenters. The van der Waals surface area contributed by atoms with Crippen molar-refractivity contribution < 1.29 is 32.2 Å². The van der Waals surface area contributed by atoms with Gasteiger partial charge in [0, 0.05) is 6.07 Å². The van der Waals surface area contributed by atoms with Crippen LogP contribution in [0.5, 0.6) is 11.5 Å². The first-order valence-electron chi connectivity index (χ1n) is 5.66. The zero-order chi connectivity index (χ0) is 15.6. The van der Waals surface area contributed by atoms with Crippen LogP contribution in [-0.4, -0.2) is 11.1 Å². The third-order valence-electron chi connectivity index (χ3n) is 2.59. The van der Waals surface area contributed by atoms with Crippen LogP contribution in [0.3, 0.4) is 0 Å². The average molecular weight is 300 g/mol. The van der Waals surface area contributed by atoms with E-state index in [2.05, 4.69) is 0 Å². The van der Waals surface area contributed by atoms with Gasteiger partial charge in [-0.3, -0.25) is 0 Å². The molecule has 0 aliphatic rings. The van der Waals surface area contributed by atoms with Crippen molar-refractivity contribution in [1.29, 1.82) is 0 Å². The minimum absolute atomic E-state index is 0.228. The lowest BCUT2D eigenvalue weighted by molar-refractivity contribution is -0.138. The summed E-state index contributed by atoms with van der Waals surface area (Å²) in [6, 6.07) is 7.18. The van der Waals surface area contributed by atoms with Crippen molar-refractivity contribution in [3.05, 3.63) is 59.4 Å². The minimum Gasteiger partial charge on any atom is -0.478 e. The number of ether oxygens (including phenoxy) is 1. The first-order chi connectivity index (χ1) is 9.79. The lowest BCUT2D eigenvalue weighted by Gasteiger charge is -2.13. The second-order valence-corrected chi connectivity index (χ2v) is 4.04. The summed E-state index contributed by atoms with van der Waals surface area (Å²) < 4.78 is 56.8. The maximum absolute atomic E-state index is 13.5. The normalized spacial score (nSPS) is 11.2. The Hall–Kier alpha value is -2.57. The Balaban J connectivity index is 2.35. The number of carboxylic acid groups (broad SMARTS) is 1. The Morgan fingerprint density at radius 3 is 2.33 bits per heavy atom. The molecule has 0 amide bonds. The van der Waals surface area contributed by atoms with Crippen LogP contribution in [0.1, 0.15) is 15.9 Å². The molecule has 0 spiro atoms. The predicted molar refractivity (Wildman–Crippen MR) is 64.9 cm³/mol. The Morgan fingerprint density at radius 2 is 1.76 bits per heavy atom. The molecule has 2 aromatic carbocycles. The molecule has 0 bridgehead atoms. The molecule has 0 aromatic heterocycles. The maximum atomic E-state index is 13.5. The number of carbonyl (C=O) groups is 1. The zero-order valence-corrected chi connectivity index (χ0v) is 10.3. The highest BCUT2D eigenvalue weighted by Gasteiger charge is 2.34. The molecule has 1 N–H and O–H groups in total. The molecule has 110 valence electrons. The van der Waals surface area contributed by atoms with Crippen LogP contribution in [0, 0.1) is 5.82 Å². The molecule has 21 heavy (non-hydrogen) atoms. The van der Waals surface area contributed by atoms with Crippen molar-refractivity contribution in [3.8, 4) is 11.5 Å². The summed E-state index contributed by atoms with van der Waals surface area (Å²) in [5, 5.41) is 8.67. The van der Waals surface area contributed by atoms with Crippen molar-refractivity contribution in [2.45, 2.75) is 6.18 Å². The zero-order valence-electron chi connectivity index (χ0n) is 10.3. The summed E-state index contributed by atoms with van der Waals surface area (Å²) in [6.45, 7) is 0. The van der Waals surface area contributed by atoms with Crippen molar-refractivity contribution >= 4 is 5.97 Å². The molecule has 2 rings (SSSR count). The Morgan fingerprint density at radius 1 is 1.10 bits per heavy atom. The summed E-state index contributed by atoms with van der Waals surface area (Å²) in [5.41, 5.74) is -1.60. The van der Waals surface area contributed by atoms with Crippen LogP contribution < -0.4 is 4.74 Å². The summed E-state index contributed by atoms with van der Waals surface area (Å²) in [4.78, 5) is 10.6. The van der Waals surface area contributed by atoms with E-state index in [1.54, 1.807) is 0 Å². The van der Waals surface area contributed by atoms with Crippen molar-refractivity contribution in [2.75, 3.05) is 0 Å². The van der Waals surface area contributed by atoms with Gasteiger partial charge in [-0.15, -0.1) is 0 Å². The fourth-order valence-corrected chi connectivity index (χ4v) is 1.65. The van der Waals surface area contributed by atoms with E-state index in [0.717, 1.165) is 30.3 Å². The van der Waals surface area contributed by atoms with Crippen molar-refractivity contribution in [1.82, 2.24) is 0 Å². The molecule has 7 heteroatoms. The van der Waals surface area contributed by atoms with Gasteiger partial charge in [0.1, 0.15) is 17.3 Å². The fourth-order valence-electron chi connectivity index (χ4n) is 1.65. The van der Waals surface area contributed by atoms with Crippen LogP contribution >= 0.6 is 0 Å². The van der Waals surface area contributed by atoms with Crippen LogP contribution in [-0.2, 0) is 6.18 Å². The quantitative estimate of drug-likeness (QED) is 0.858. The molecular formula is C14H8F4O3. The Kier molecular flexibility index (Phi) is 3.84. The predicted octanol–water partition coefficient (Wildman–Crippen LogP) is 4.34. The molecule has 0 saturated carbocycles.